The van der Waals surface area contributed by atoms with Gasteiger partial charge in [-0.1, -0.05) is 94.5 Å². The van der Waals surface area contributed by atoms with Crippen LogP contribution >= 0.6 is 0 Å². The molecule has 0 atom stereocenters. The number of nitrogens with one attached hydrogen (secondary N) is 1. The lowest BCUT2D eigenvalue weighted by atomic mass is 9.98. The number of nitrogens with zero attached hydrogens (tertiary/aromatic N) is 6. The number of benzene rings is 2. The van der Waals surface area contributed by atoms with Crippen molar-refractivity contribution in [1.29, 1.82) is 0 Å². The molecular weight excluding hydrogens is 422 g/mol. The number of unbranched alkanes of at least 4 members (excludes halogenated alkanes) is 5. The highest BCUT2D eigenvalue weighted by molar-refractivity contribution is 5.80. The van der Waals surface area contributed by atoms with Gasteiger partial charge in [-0.05, 0) is 40.0 Å². The molecule has 0 spiro atoms. The topological polar surface area (TPSA) is 85.2 Å². The molecule has 2 heterocycles. The highest BCUT2D eigenvalue weighted by Gasteiger charge is 2.13. The van der Waals surface area contributed by atoms with E-state index in [9.17, 15) is 0 Å². The van der Waals surface area contributed by atoms with Gasteiger partial charge in [-0.25, -0.2) is 14.8 Å². The van der Waals surface area contributed by atoms with Crippen molar-refractivity contribution in [2.24, 2.45) is 0 Å². The third-order valence-corrected chi connectivity index (χ3v) is 6.17. The molecule has 4 aromatic rings. The molecule has 7 heteroatoms. The van der Waals surface area contributed by atoms with Gasteiger partial charge in [0.1, 0.15) is 5.82 Å². The lowest BCUT2D eigenvalue weighted by molar-refractivity contribution is 0.521. The van der Waals surface area contributed by atoms with Crippen LogP contribution in [0.25, 0.3) is 22.5 Å². The number of rotatable bonds is 13. The average molecular weight is 458 g/mol. The largest absolute Gasteiger partial charge is 0.249 e. The van der Waals surface area contributed by atoms with Crippen molar-refractivity contribution in [3.63, 3.8) is 0 Å². The summed E-state index contributed by atoms with van der Waals surface area (Å²) >= 11 is 0. The summed E-state index contributed by atoms with van der Waals surface area (Å²) in [6, 6.07) is 16.9. The molecule has 0 radical (unpaired) electrons. The second-order valence-corrected chi connectivity index (χ2v) is 8.85. The zero-order chi connectivity index (χ0) is 23.6. The van der Waals surface area contributed by atoms with Crippen LogP contribution in [0.4, 0.5) is 0 Å². The summed E-state index contributed by atoms with van der Waals surface area (Å²) in [5.74, 6) is 2.74. The molecule has 0 aliphatic carbocycles. The molecule has 0 aliphatic rings. The van der Waals surface area contributed by atoms with Crippen molar-refractivity contribution >= 4 is 0 Å². The van der Waals surface area contributed by atoms with Crippen molar-refractivity contribution in [2.45, 2.75) is 78.2 Å². The van der Waals surface area contributed by atoms with E-state index in [0.29, 0.717) is 5.82 Å². The summed E-state index contributed by atoms with van der Waals surface area (Å²) in [7, 11) is 0. The molecule has 0 fully saturated rings. The fourth-order valence-electron chi connectivity index (χ4n) is 4.26. The van der Waals surface area contributed by atoms with Gasteiger partial charge in [0.25, 0.3) is 0 Å². The van der Waals surface area contributed by atoms with E-state index in [2.05, 4.69) is 69.5 Å². The van der Waals surface area contributed by atoms with Crippen LogP contribution in [0.2, 0.25) is 0 Å². The van der Waals surface area contributed by atoms with Gasteiger partial charge in [-0.2, -0.15) is 5.10 Å². The summed E-state index contributed by atoms with van der Waals surface area (Å²) in [5.41, 5.74) is 4.47. The van der Waals surface area contributed by atoms with E-state index < -0.39 is 0 Å². The standard InChI is InChI=1S/C27H35N7/c1-3-5-7-11-19-34-26(28-25(31-34)14-8-6-4-2)20-21-15-17-22(18-16-21)23-12-9-10-13-24(23)27-29-32-33-30-27/h9-10,12-13,15-18H,3-8,11,14,19-20H2,1-2H3,(H,29,30,32,33). The van der Waals surface area contributed by atoms with Gasteiger partial charge in [-0.3, -0.25) is 0 Å². The van der Waals surface area contributed by atoms with E-state index in [-0.39, 0.29) is 0 Å². The van der Waals surface area contributed by atoms with Crippen LogP contribution in [0.15, 0.2) is 48.5 Å². The predicted octanol–water partition coefficient (Wildman–Crippen LogP) is 6.03. The van der Waals surface area contributed by atoms with Crippen molar-refractivity contribution in [3.8, 4) is 22.5 Å². The first-order chi connectivity index (χ1) is 16.8. The first-order valence-electron chi connectivity index (χ1n) is 12.6. The minimum Gasteiger partial charge on any atom is -0.249 e. The molecule has 4 rings (SSSR count). The molecular formula is C27H35N7. The molecule has 178 valence electrons. The molecule has 2 aromatic heterocycles. The predicted molar refractivity (Wildman–Crippen MR) is 135 cm³/mol. The quantitative estimate of drug-likeness (QED) is 0.248. The summed E-state index contributed by atoms with van der Waals surface area (Å²) in [4.78, 5) is 4.93. The van der Waals surface area contributed by atoms with E-state index >= 15 is 0 Å². The van der Waals surface area contributed by atoms with Gasteiger partial charge in [0.15, 0.2) is 11.6 Å². The Morgan fingerprint density at radius 3 is 2.32 bits per heavy atom. The van der Waals surface area contributed by atoms with Gasteiger partial charge in [0.05, 0.1) is 0 Å². The number of aromatic nitrogens is 7. The number of H-pyrrole nitrogens is 1. The zero-order valence-corrected chi connectivity index (χ0v) is 20.4. The fourth-order valence-corrected chi connectivity index (χ4v) is 4.26. The molecule has 0 aliphatic heterocycles. The molecule has 2 aromatic carbocycles. The third kappa shape index (κ3) is 6.16. The molecule has 34 heavy (non-hydrogen) atoms. The van der Waals surface area contributed by atoms with E-state index in [0.717, 1.165) is 60.6 Å². The summed E-state index contributed by atoms with van der Waals surface area (Å²) in [5, 5.41) is 19.3. The minimum atomic E-state index is 0.673. The summed E-state index contributed by atoms with van der Waals surface area (Å²) < 4.78 is 2.15. The second-order valence-electron chi connectivity index (χ2n) is 8.85. The first-order valence-corrected chi connectivity index (χ1v) is 12.6. The molecule has 0 bridgehead atoms. The number of hydrogen-bond donors (Lipinski definition) is 1. The average Bonchev–Trinajstić information content (AvgIpc) is 3.53. The van der Waals surface area contributed by atoms with Crippen LogP contribution in [-0.2, 0) is 19.4 Å². The SMILES string of the molecule is CCCCCCn1nc(CCCCC)nc1Cc1ccc(-c2ccccc2-c2nnn[nH]2)cc1. The van der Waals surface area contributed by atoms with E-state index in [1.54, 1.807) is 0 Å². The fraction of sp³-hybridized carbons (Fsp3) is 0.444. The van der Waals surface area contributed by atoms with Gasteiger partial charge < -0.3 is 0 Å². The van der Waals surface area contributed by atoms with Gasteiger partial charge in [-0.15, -0.1) is 5.10 Å². The smallest absolute Gasteiger partial charge is 0.180 e. The Labute approximate surface area is 202 Å². The number of aryl methyl sites for hydroxylation is 2. The number of hydrogen-bond acceptors (Lipinski definition) is 5. The maximum atomic E-state index is 4.93. The Kier molecular flexibility index (Phi) is 8.54. The van der Waals surface area contributed by atoms with Crippen molar-refractivity contribution in [2.75, 3.05) is 0 Å². The third-order valence-electron chi connectivity index (χ3n) is 6.17. The minimum absolute atomic E-state index is 0.673. The number of aromatic amines is 1. The molecule has 0 amide bonds. The van der Waals surface area contributed by atoms with Crippen molar-refractivity contribution in [3.05, 3.63) is 65.7 Å². The van der Waals surface area contributed by atoms with Gasteiger partial charge >= 0.3 is 0 Å². The van der Waals surface area contributed by atoms with Crippen LogP contribution < -0.4 is 0 Å². The van der Waals surface area contributed by atoms with E-state index in [1.165, 1.54) is 37.7 Å². The number of tetrazole rings is 1. The monoisotopic (exact) mass is 457 g/mol. The van der Waals surface area contributed by atoms with E-state index in [4.69, 9.17) is 10.1 Å². The Morgan fingerprint density at radius 1 is 0.824 bits per heavy atom. The normalized spacial score (nSPS) is 11.2. The Morgan fingerprint density at radius 2 is 1.59 bits per heavy atom. The zero-order valence-electron chi connectivity index (χ0n) is 20.4. The lowest BCUT2D eigenvalue weighted by Crippen LogP contribution is -2.07. The highest BCUT2D eigenvalue weighted by Crippen LogP contribution is 2.30. The Balaban J connectivity index is 1.50. The Bertz CT molecular complexity index is 1130. The van der Waals surface area contributed by atoms with Crippen LogP contribution in [0.3, 0.4) is 0 Å². The van der Waals surface area contributed by atoms with Crippen molar-refractivity contribution < 1.29 is 0 Å². The Hall–Kier alpha value is -3.35. The first kappa shape index (κ1) is 23.8. The molecule has 0 saturated heterocycles. The molecule has 1 N–H and O–H groups in total. The van der Waals surface area contributed by atoms with E-state index in [1.807, 2.05) is 18.2 Å². The highest BCUT2D eigenvalue weighted by atomic mass is 15.5. The van der Waals surface area contributed by atoms with Crippen LogP contribution in [0.5, 0.6) is 0 Å². The lowest BCUT2D eigenvalue weighted by Gasteiger charge is -2.09. The summed E-state index contributed by atoms with van der Waals surface area (Å²) in [6.07, 6.45) is 10.3. The van der Waals surface area contributed by atoms with Crippen LogP contribution in [0.1, 0.15) is 76.0 Å². The maximum Gasteiger partial charge on any atom is 0.180 e. The van der Waals surface area contributed by atoms with Crippen LogP contribution in [0, 0.1) is 0 Å². The van der Waals surface area contributed by atoms with Crippen LogP contribution in [-0.4, -0.2) is 35.4 Å². The molecule has 0 saturated carbocycles. The summed E-state index contributed by atoms with van der Waals surface area (Å²) in [6.45, 7) is 5.43. The second kappa shape index (κ2) is 12.2. The maximum absolute atomic E-state index is 4.93. The molecule has 0 unspecified atom stereocenters. The van der Waals surface area contributed by atoms with Crippen molar-refractivity contribution in [1.82, 2.24) is 35.4 Å². The van der Waals surface area contributed by atoms with Gasteiger partial charge in [0, 0.05) is 24.9 Å². The molecule has 7 nitrogen and oxygen atoms in total. The van der Waals surface area contributed by atoms with Gasteiger partial charge in [0.2, 0.25) is 0 Å².